The Morgan fingerprint density at radius 2 is 0.559 bits per heavy atom. The van der Waals surface area contributed by atoms with E-state index < -0.39 is 0 Å². The Hall–Kier alpha value is -3.51. The molecule has 24 rings (SSSR count). The predicted molar refractivity (Wildman–Crippen MR) is 504 cm³/mol. The van der Waals surface area contributed by atoms with Crippen molar-refractivity contribution < 1.29 is 62.0 Å². The molecular formula is C105H206O13. The quantitative estimate of drug-likeness (QED) is 0.0970. The van der Waals surface area contributed by atoms with Crippen molar-refractivity contribution in [2.45, 2.75) is 474 Å². The van der Waals surface area contributed by atoms with Gasteiger partial charge in [0, 0.05) is 11.8 Å². The van der Waals surface area contributed by atoms with E-state index in [1.807, 2.05) is 222 Å². The lowest BCUT2D eigenvalue weighted by molar-refractivity contribution is -0.155. The largest absolute Gasteiger partial charge is 0.465 e. The molecule has 17 saturated carbocycles. The number of ether oxygens (including phenoxy) is 6. The molecule has 20 unspecified atom stereocenters. The normalized spacial score (nSPS) is 36.6. The molecule has 24 aliphatic rings. The van der Waals surface area contributed by atoms with Crippen molar-refractivity contribution in [3.8, 4) is 0 Å². The summed E-state index contributed by atoms with van der Waals surface area (Å²) >= 11 is 0. The van der Waals surface area contributed by atoms with Gasteiger partial charge in [0.15, 0.2) is 0 Å². The number of rotatable bonds is 0. The molecule has 0 N–H and O–H groups in total. The molecule has 13 nitrogen and oxygen atoms in total. The fraction of sp³-hybridized carbons (Fsp3) is 0.933. The minimum absolute atomic E-state index is 0. The minimum Gasteiger partial charge on any atom is -0.465 e. The fourth-order valence-electron chi connectivity index (χ4n) is 24.6. The maximum absolute atomic E-state index is 11.4. The summed E-state index contributed by atoms with van der Waals surface area (Å²) in [4.78, 5) is 77.5. The first kappa shape index (κ1) is 123. The SMILES string of the molecule is C.C.C.C1C2CC3CC1CC(C2)C3.C1CC2CC1C1C3CCC(C3)C21.C1CCCCC1.CC.CC.CC.CC.CC.CC.CC.CC.CC.CC.CC.CC.CC.CC.CC.CC.O=C1CC2C(=O)OCC2O1.O=C1OC(=O)C2C3CCC(C3)C12.O=C1OC2CC3CC(C2)CC1C3.O=C1OC2CC3CC1C2C3.O=C1OCC2C3CCC(C3)C12. The van der Waals surface area contributed by atoms with Crippen LogP contribution in [-0.4, -0.2) is 73.3 Å². The zero-order chi connectivity index (χ0) is 88.2. The van der Waals surface area contributed by atoms with Gasteiger partial charge in [-0.2, -0.15) is 0 Å². The van der Waals surface area contributed by atoms with Gasteiger partial charge in [0.2, 0.25) is 0 Å². The summed E-state index contributed by atoms with van der Waals surface area (Å²) in [6, 6.07) is 0. The average Bonchev–Trinajstić information content (AvgIpc) is 1.56. The van der Waals surface area contributed by atoms with Crippen LogP contribution in [0.4, 0.5) is 0 Å². The predicted octanol–water partition coefficient (Wildman–Crippen LogP) is 30.7. The van der Waals surface area contributed by atoms with E-state index in [2.05, 4.69) is 9.47 Å². The summed E-state index contributed by atoms with van der Waals surface area (Å²) in [5.74, 6) is 17.8. The van der Waals surface area contributed by atoms with Crippen molar-refractivity contribution in [1.29, 1.82) is 0 Å². The molecule has 7 heterocycles. The second-order valence-electron chi connectivity index (χ2n) is 32.1. The van der Waals surface area contributed by atoms with Gasteiger partial charge in [-0.3, -0.25) is 33.6 Å². The number of esters is 7. The maximum Gasteiger partial charge on any atom is 0.317 e. The Morgan fingerprint density at radius 3 is 0.907 bits per heavy atom. The molecule has 24 fully saturated rings. The second kappa shape index (κ2) is 70.7. The van der Waals surface area contributed by atoms with Gasteiger partial charge in [0.1, 0.15) is 30.8 Å². The summed E-state index contributed by atoms with van der Waals surface area (Å²) in [6.45, 7) is 65.0. The molecule has 18 bridgehead atoms. The molecule has 0 aromatic carbocycles. The third-order valence-corrected chi connectivity index (χ3v) is 27.4. The van der Waals surface area contributed by atoms with Crippen molar-refractivity contribution in [3.05, 3.63) is 0 Å². The van der Waals surface area contributed by atoms with Crippen molar-refractivity contribution >= 4 is 41.8 Å². The smallest absolute Gasteiger partial charge is 0.317 e. The van der Waals surface area contributed by atoms with E-state index in [0.717, 1.165) is 88.1 Å². The highest BCUT2D eigenvalue weighted by Crippen LogP contribution is 2.67. The van der Waals surface area contributed by atoms with Crippen LogP contribution in [0.25, 0.3) is 0 Å². The van der Waals surface area contributed by atoms with Crippen molar-refractivity contribution in [3.63, 3.8) is 0 Å². The molecule has 17 aliphatic carbocycles. The molecule has 0 radical (unpaired) electrons. The molecule has 0 aromatic rings. The highest BCUT2D eigenvalue weighted by Gasteiger charge is 2.62. The van der Waals surface area contributed by atoms with Crippen LogP contribution in [0.2, 0.25) is 0 Å². The van der Waals surface area contributed by atoms with Gasteiger partial charge in [0.05, 0.1) is 42.6 Å². The van der Waals surface area contributed by atoms with Crippen molar-refractivity contribution in [2.75, 3.05) is 13.2 Å². The summed E-state index contributed by atoms with van der Waals surface area (Å²) in [7, 11) is 0. The van der Waals surface area contributed by atoms with Gasteiger partial charge in [-0.05, 0) is 268 Å². The number of carbonyl (C=O) groups is 7. The van der Waals surface area contributed by atoms with Crippen molar-refractivity contribution in [1.82, 2.24) is 0 Å². The highest BCUT2D eigenvalue weighted by atomic mass is 16.6. The van der Waals surface area contributed by atoms with E-state index in [0.29, 0.717) is 47.5 Å². The van der Waals surface area contributed by atoms with E-state index in [4.69, 9.17) is 18.9 Å². The van der Waals surface area contributed by atoms with Crippen LogP contribution in [0, 0.1) is 148 Å². The summed E-state index contributed by atoms with van der Waals surface area (Å²) in [6.07, 6.45) is 45.6. The fourth-order valence-corrected chi connectivity index (χ4v) is 24.6. The molecule has 0 aromatic heterocycles. The van der Waals surface area contributed by atoms with Crippen LogP contribution in [-0.2, 0) is 62.0 Å². The molecule has 118 heavy (non-hydrogen) atoms. The van der Waals surface area contributed by atoms with Crippen LogP contribution in [0.5, 0.6) is 0 Å². The van der Waals surface area contributed by atoms with Gasteiger partial charge >= 0.3 is 41.8 Å². The molecule has 20 atom stereocenters. The highest BCUT2D eigenvalue weighted by molar-refractivity contribution is 5.97. The van der Waals surface area contributed by atoms with Crippen LogP contribution in [0.3, 0.4) is 0 Å². The molecule has 7 saturated heterocycles. The average molecular weight is 1680 g/mol. The lowest BCUT2D eigenvalue weighted by atomic mass is 9.56. The zero-order valence-electron chi connectivity index (χ0n) is 81.7. The zero-order valence-corrected chi connectivity index (χ0v) is 81.7. The van der Waals surface area contributed by atoms with Gasteiger partial charge in [0.25, 0.3) is 0 Å². The molecule has 0 spiro atoms. The number of hydrogen-bond donors (Lipinski definition) is 0. The lowest BCUT2D eigenvalue weighted by Crippen LogP contribution is -2.38. The number of hydrogen-bond acceptors (Lipinski definition) is 13. The number of fused-ring (bicyclic) bond motifs is 22. The van der Waals surface area contributed by atoms with Crippen LogP contribution in [0.15, 0.2) is 0 Å². The van der Waals surface area contributed by atoms with E-state index in [9.17, 15) is 33.6 Å². The van der Waals surface area contributed by atoms with E-state index in [1.54, 1.807) is 77.0 Å². The molecule has 13 heteroatoms. The first-order valence-electron chi connectivity index (χ1n) is 51.1. The monoisotopic (exact) mass is 1680 g/mol. The third-order valence-electron chi connectivity index (χ3n) is 27.4. The molecule has 7 aliphatic heterocycles. The Morgan fingerprint density at radius 1 is 0.237 bits per heavy atom. The standard InChI is InChI=1S/C12H18.C10H14O2.C10H16.C9H10O3.C9H12O2.C8H10O2.C6H6O4.C6H12.16C2H6.3CH4/c1-2-8-5-7(1)11-9-3-4-10(6-9)12(8)11;11-10-8-2-6-1-7(3-8)5-9(4-6)12-10;1-7-2-9-4-8(1)5-10(3-7)6-9;10-8-6-4-1-2-5(3-4)7(6)9(11)12-8;10-9-8-6-2-1-5(3-6)7(8)4-11-9;9-8-6-2-4-1-5(6)7(3-4)10-8;7-5-1-3-4(10-5)2-9-6(3)8;1-2-4-6-5-3-1;16*1-2;;;/h7-12H,1-6H2;6-9H,1-5H2;7-10H,1-6H2;4-7H,1-3H2;5-8H,1-4H2;4-7H,1-3H2;3-4H,1-2H2;1-6H2;16*1-2H3;3*1H4. The van der Waals surface area contributed by atoms with E-state index >= 15 is 0 Å². The molecule has 704 valence electrons. The number of carbonyl (C=O) groups excluding carboxylic acids is 7. The van der Waals surface area contributed by atoms with Gasteiger partial charge < -0.3 is 28.4 Å². The van der Waals surface area contributed by atoms with Crippen LogP contribution in [0.1, 0.15) is 456 Å². The maximum atomic E-state index is 11.4. The Labute approximate surface area is 735 Å². The van der Waals surface area contributed by atoms with Gasteiger partial charge in [-0.15, -0.1) is 0 Å². The van der Waals surface area contributed by atoms with E-state index in [1.165, 1.54) is 130 Å². The lowest BCUT2D eigenvalue weighted by Gasteiger charge is -2.49. The summed E-state index contributed by atoms with van der Waals surface area (Å²) in [5.41, 5.74) is 0. The number of cyclic esters (lactones) is 4. The summed E-state index contributed by atoms with van der Waals surface area (Å²) < 4.78 is 29.7. The van der Waals surface area contributed by atoms with Crippen LogP contribution >= 0.6 is 0 Å². The summed E-state index contributed by atoms with van der Waals surface area (Å²) in [5, 5.41) is 0. The Balaban J connectivity index is -0.000000393. The molecule has 0 amide bonds. The minimum atomic E-state index is -0.313. The van der Waals surface area contributed by atoms with Gasteiger partial charge in [-0.25, -0.2) is 0 Å². The topological polar surface area (TPSA) is 175 Å². The second-order valence-corrected chi connectivity index (χ2v) is 32.1. The third kappa shape index (κ3) is 33.4. The Bertz CT molecular complexity index is 2340. The van der Waals surface area contributed by atoms with Crippen molar-refractivity contribution in [2.24, 2.45) is 148 Å². The molecular weight excluding hydrogens is 1470 g/mol. The van der Waals surface area contributed by atoms with E-state index in [-0.39, 0.29) is 113 Å². The first-order chi connectivity index (χ1) is 56.4. The van der Waals surface area contributed by atoms with Gasteiger partial charge in [-0.1, -0.05) is 282 Å². The van der Waals surface area contributed by atoms with Crippen LogP contribution < -0.4 is 0 Å². The first-order valence-corrected chi connectivity index (χ1v) is 51.1. The Kier molecular flexibility index (Phi) is 73.7.